The van der Waals surface area contributed by atoms with Crippen LogP contribution in [0.5, 0.6) is 0 Å². The smallest absolute Gasteiger partial charge is 0.328 e. The highest BCUT2D eigenvalue weighted by atomic mass is 19.1. The number of ether oxygens (including phenoxy) is 1. The summed E-state index contributed by atoms with van der Waals surface area (Å²) in [4.78, 5) is 23.0. The quantitative estimate of drug-likeness (QED) is 0.658. The first kappa shape index (κ1) is 15.9. The number of hydrogen-bond acceptors (Lipinski definition) is 3. The molecule has 0 heterocycles. The summed E-state index contributed by atoms with van der Waals surface area (Å²) in [6, 6.07) is -1.45. The molecule has 1 rings (SSSR count). The number of carbonyl (C=O) groups excluding carboxylic acids is 1. The first-order chi connectivity index (χ1) is 9.05. The molecule has 0 aliphatic heterocycles. The van der Waals surface area contributed by atoms with Gasteiger partial charge in [0.2, 0.25) is 5.91 Å². The average Bonchev–Trinajstić information content (AvgIpc) is 2.85. The molecule has 1 aliphatic carbocycles. The van der Waals surface area contributed by atoms with E-state index in [0.717, 1.165) is 12.8 Å². The molecule has 1 fully saturated rings. The Hall–Kier alpha value is -1.17. The van der Waals surface area contributed by atoms with Crippen molar-refractivity contribution in [3.8, 4) is 0 Å². The number of rotatable bonds is 8. The maximum Gasteiger partial charge on any atom is 0.328 e. The Morgan fingerprint density at radius 2 is 2.05 bits per heavy atom. The summed E-state index contributed by atoms with van der Waals surface area (Å²) >= 11 is 0. The van der Waals surface area contributed by atoms with Gasteiger partial charge in [-0.3, -0.25) is 4.79 Å². The third kappa shape index (κ3) is 4.16. The minimum absolute atomic E-state index is 0.352. The first-order valence-corrected chi connectivity index (χ1v) is 6.73. The Morgan fingerprint density at radius 1 is 1.42 bits per heavy atom. The van der Waals surface area contributed by atoms with Crippen molar-refractivity contribution in [3.63, 3.8) is 0 Å². The minimum atomic E-state index is -1.45. The summed E-state index contributed by atoms with van der Waals surface area (Å²) in [6.45, 7) is 1.84. The second-order valence-corrected chi connectivity index (χ2v) is 4.95. The maximum atomic E-state index is 12.6. The zero-order valence-electron chi connectivity index (χ0n) is 11.3. The van der Waals surface area contributed by atoms with Crippen LogP contribution in [0.15, 0.2) is 0 Å². The number of carbonyl (C=O) groups is 2. The van der Waals surface area contributed by atoms with Gasteiger partial charge in [-0.1, -0.05) is 12.8 Å². The molecule has 0 spiro atoms. The highest BCUT2D eigenvalue weighted by molar-refractivity contribution is 5.87. The monoisotopic (exact) mass is 275 g/mol. The van der Waals surface area contributed by atoms with Crippen LogP contribution in [-0.4, -0.2) is 42.9 Å². The number of carboxylic acids is 1. The van der Waals surface area contributed by atoms with Gasteiger partial charge in [0, 0.05) is 13.2 Å². The van der Waals surface area contributed by atoms with Crippen molar-refractivity contribution < 1.29 is 23.8 Å². The van der Waals surface area contributed by atoms with Gasteiger partial charge in [0.1, 0.15) is 6.67 Å². The maximum absolute atomic E-state index is 12.6. The standard InChI is InChI=1S/C13H22FNO4/c1-2-19-8-7-13(5-3-4-6-13)12(18)15-10(9-14)11(16)17/h10H,2-9H2,1H3,(H,15,18)(H,16,17). The number of amides is 1. The molecule has 0 bridgehead atoms. The van der Waals surface area contributed by atoms with E-state index in [1.165, 1.54) is 0 Å². The molecule has 1 aliphatic rings. The molecule has 1 unspecified atom stereocenters. The van der Waals surface area contributed by atoms with Crippen molar-refractivity contribution in [1.82, 2.24) is 5.32 Å². The SMILES string of the molecule is CCOCCC1(C(=O)NC(CF)C(=O)O)CCCC1. The Labute approximate surface area is 112 Å². The fourth-order valence-electron chi connectivity index (χ4n) is 2.53. The van der Waals surface area contributed by atoms with Gasteiger partial charge in [-0.2, -0.15) is 0 Å². The molecule has 0 aromatic carbocycles. The van der Waals surface area contributed by atoms with E-state index in [1.807, 2.05) is 6.92 Å². The van der Waals surface area contributed by atoms with E-state index in [4.69, 9.17) is 9.84 Å². The summed E-state index contributed by atoms with van der Waals surface area (Å²) in [5, 5.41) is 11.1. The number of nitrogens with one attached hydrogen (secondary N) is 1. The molecule has 0 saturated heterocycles. The van der Waals surface area contributed by atoms with Gasteiger partial charge >= 0.3 is 5.97 Å². The van der Waals surface area contributed by atoms with E-state index in [-0.39, 0.29) is 5.91 Å². The summed E-state index contributed by atoms with van der Waals surface area (Å²) in [5.41, 5.74) is -0.585. The Bertz CT molecular complexity index is 316. The van der Waals surface area contributed by atoms with E-state index < -0.39 is 24.1 Å². The summed E-state index contributed by atoms with van der Waals surface area (Å²) in [7, 11) is 0. The highest BCUT2D eigenvalue weighted by Crippen LogP contribution is 2.41. The van der Waals surface area contributed by atoms with Crippen LogP contribution in [0.2, 0.25) is 0 Å². The van der Waals surface area contributed by atoms with E-state index in [0.29, 0.717) is 32.5 Å². The van der Waals surface area contributed by atoms with Gasteiger partial charge in [0.15, 0.2) is 6.04 Å². The van der Waals surface area contributed by atoms with Gasteiger partial charge in [0.25, 0.3) is 0 Å². The number of alkyl halides is 1. The zero-order chi connectivity index (χ0) is 14.3. The van der Waals surface area contributed by atoms with E-state index in [9.17, 15) is 14.0 Å². The zero-order valence-corrected chi connectivity index (χ0v) is 11.3. The van der Waals surface area contributed by atoms with Gasteiger partial charge in [-0.15, -0.1) is 0 Å². The molecule has 0 radical (unpaired) electrons. The molecular weight excluding hydrogens is 253 g/mol. The van der Waals surface area contributed by atoms with Crippen LogP contribution in [0.1, 0.15) is 39.0 Å². The average molecular weight is 275 g/mol. The van der Waals surface area contributed by atoms with Crippen molar-refractivity contribution >= 4 is 11.9 Å². The fourth-order valence-corrected chi connectivity index (χ4v) is 2.53. The summed E-state index contributed by atoms with van der Waals surface area (Å²) < 4.78 is 17.8. The van der Waals surface area contributed by atoms with Gasteiger partial charge < -0.3 is 15.2 Å². The molecule has 1 atom stereocenters. The third-order valence-electron chi connectivity index (χ3n) is 3.73. The molecule has 0 aromatic heterocycles. The van der Waals surface area contributed by atoms with Crippen molar-refractivity contribution in [2.75, 3.05) is 19.9 Å². The lowest BCUT2D eigenvalue weighted by Crippen LogP contribution is -2.49. The molecule has 19 heavy (non-hydrogen) atoms. The lowest BCUT2D eigenvalue weighted by molar-refractivity contribution is -0.144. The number of hydrogen-bond donors (Lipinski definition) is 2. The van der Waals surface area contributed by atoms with Crippen molar-refractivity contribution in [1.29, 1.82) is 0 Å². The molecule has 2 N–H and O–H groups in total. The predicted molar refractivity (Wildman–Crippen MR) is 67.6 cm³/mol. The number of carboxylic acid groups (broad SMARTS) is 1. The third-order valence-corrected chi connectivity index (χ3v) is 3.73. The Morgan fingerprint density at radius 3 is 2.53 bits per heavy atom. The van der Waals surface area contributed by atoms with Gasteiger partial charge in [0.05, 0.1) is 5.41 Å². The predicted octanol–water partition coefficient (Wildman–Crippen LogP) is 1.51. The van der Waals surface area contributed by atoms with Crippen LogP contribution in [0.4, 0.5) is 4.39 Å². The molecule has 1 saturated carbocycles. The Balaban J connectivity index is 2.64. The fraction of sp³-hybridized carbons (Fsp3) is 0.846. The molecule has 0 aromatic rings. The van der Waals surface area contributed by atoms with Crippen LogP contribution in [0.25, 0.3) is 0 Å². The minimum Gasteiger partial charge on any atom is -0.480 e. The summed E-state index contributed by atoms with van der Waals surface area (Å²) in [6.07, 6.45) is 3.86. The first-order valence-electron chi connectivity index (χ1n) is 6.73. The highest BCUT2D eigenvalue weighted by Gasteiger charge is 2.42. The van der Waals surface area contributed by atoms with E-state index in [1.54, 1.807) is 0 Å². The molecule has 110 valence electrons. The van der Waals surface area contributed by atoms with Crippen molar-refractivity contribution in [2.45, 2.75) is 45.1 Å². The van der Waals surface area contributed by atoms with Crippen LogP contribution in [-0.2, 0) is 14.3 Å². The van der Waals surface area contributed by atoms with Crippen LogP contribution in [0.3, 0.4) is 0 Å². The molecule has 6 heteroatoms. The van der Waals surface area contributed by atoms with Gasteiger partial charge in [-0.25, -0.2) is 9.18 Å². The molecular formula is C13H22FNO4. The second kappa shape index (κ2) is 7.43. The van der Waals surface area contributed by atoms with Crippen LogP contribution >= 0.6 is 0 Å². The number of aliphatic carboxylic acids is 1. The normalized spacial score (nSPS) is 19.1. The van der Waals surface area contributed by atoms with Crippen LogP contribution < -0.4 is 5.32 Å². The van der Waals surface area contributed by atoms with E-state index in [2.05, 4.69) is 5.32 Å². The topological polar surface area (TPSA) is 75.6 Å². The van der Waals surface area contributed by atoms with Gasteiger partial charge in [-0.05, 0) is 26.2 Å². The largest absolute Gasteiger partial charge is 0.480 e. The van der Waals surface area contributed by atoms with Crippen LogP contribution in [0, 0.1) is 5.41 Å². The second-order valence-electron chi connectivity index (χ2n) is 4.95. The van der Waals surface area contributed by atoms with Crippen molar-refractivity contribution in [3.05, 3.63) is 0 Å². The molecule has 5 nitrogen and oxygen atoms in total. The van der Waals surface area contributed by atoms with E-state index >= 15 is 0 Å². The lowest BCUT2D eigenvalue weighted by Gasteiger charge is -2.28. The lowest BCUT2D eigenvalue weighted by atomic mass is 9.81. The number of halogens is 1. The summed E-state index contributed by atoms with van der Waals surface area (Å²) in [5.74, 6) is -1.69. The molecule has 1 amide bonds. The van der Waals surface area contributed by atoms with Crippen molar-refractivity contribution in [2.24, 2.45) is 5.41 Å². The Kier molecular flexibility index (Phi) is 6.21.